The highest BCUT2D eigenvalue weighted by molar-refractivity contribution is 5.92. The molecule has 0 aliphatic carbocycles. The second-order valence-corrected chi connectivity index (χ2v) is 7.93. The molecule has 5 nitrogen and oxygen atoms in total. The zero-order valence-electron chi connectivity index (χ0n) is 17.5. The van der Waals surface area contributed by atoms with Crippen molar-refractivity contribution < 1.29 is 9.21 Å². The fourth-order valence-electron chi connectivity index (χ4n) is 4.24. The zero-order valence-corrected chi connectivity index (χ0v) is 17.5. The SMILES string of the molecule is CCCn1c(C)cc(/C=C/C(=O)N2CCC(c3nc4ccccc4o3)CC2)c1C. The quantitative estimate of drug-likeness (QED) is 0.570. The maximum Gasteiger partial charge on any atom is 0.246 e. The van der Waals surface area contributed by atoms with E-state index < -0.39 is 0 Å². The number of carbonyl (C=O) groups excluding carboxylic acids is 1. The number of piperidine rings is 1. The van der Waals surface area contributed by atoms with Gasteiger partial charge in [-0.05, 0) is 62.9 Å². The Bertz CT molecular complexity index is 1000. The summed E-state index contributed by atoms with van der Waals surface area (Å²) < 4.78 is 8.24. The van der Waals surface area contributed by atoms with Crippen molar-refractivity contribution in [2.75, 3.05) is 13.1 Å². The van der Waals surface area contributed by atoms with E-state index in [-0.39, 0.29) is 11.8 Å². The number of likely N-dealkylation sites (tertiary alicyclic amines) is 1. The van der Waals surface area contributed by atoms with Crippen LogP contribution < -0.4 is 0 Å². The van der Waals surface area contributed by atoms with Gasteiger partial charge in [0.05, 0.1) is 0 Å². The van der Waals surface area contributed by atoms with E-state index in [2.05, 4.69) is 36.4 Å². The molecule has 0 N–H and O–H groups in total. The Morgan fingerprint density at radius 2 is 2.00 bits per heavy atom. The molecule has 2 aromatic heterocycles. The molecule has 0 spiro atoms. The number of aryl methyl sites for hydroxylation is 1. The van der Waals surface area contributed by atoms with Gasteiger partial charge in [0.25, 0.3) is 0 Å². The fraction of sp³-hybridized carbons (Fsp3) is 0.417. The van der Waals surface area contributed by atoms with Gasteiger partial charge >= 0.3 is 0 Å². The molecule has 1 aromatic carbocycles. The monoisotopic (exact) mass is 391 g/mol. The highest BCUT2D eigenvalue weighted by Crippen LogP contribution is 2.30. The predicted molar refractivity (Wildman–Crippen MR) is 116 cm³/mol. The second kappa shape index (κ2) is 8.27. The van der Waals surface area contributed by atoms with Crippen LogP contribution in [0.15, 0.2) is 40.8 Å². The number of oxazole rings is 1. The molecule has 1 aliphatic rings. The Hall–Kier alpha value is -2.82. The van der Waals surface area contributed by atoms with Gasteiger partial charge in [0.2, 0.25) is 5.91 Å². The second-order valence-electron chi connectivity index (χ2n) is 7.93. The van der Waals surface area contributed by atoms with Crippen LogP contribution >= 0.6 is 0 Å². The van der Waals surface area contributed by atoms with E-state index in [1.54, 1.807) is 6.08 Å². The number of rotatable bonds is 5. The number of amides is 1. The van der Waals surface area contributed by atoms with Gasteiger partial charge in [0, 0.05) is 43.0 Å². The van der Waals surface area contributed by atoms with E-state index in [1.165, 1.54) is 11.4 Å². The molecule has 29 heavy (non-hydrogen) atoms. The van der Waals surface area contributed by atoms with Crippen molar-refractivity contribution in [2.45, 2.75) is 52.5 Å². The van der Waals surface area contributed by atoms with Gasteiger partial charge in [-0.25, -0.2) is 4.98 Å². The van der Waals surface area contributed by atoms with E-state index in [1.807, 2.05) is 35.2 Å². The summed E-state index contributed by atoms with van der Waals surface area (Å²) >= 11 is 0. The van der Waals surface area contributed by atoms with Crippen molar-refractivity contribution >= 4 is 23.1 Å². The summed E-state index contributed by atoms with van der Waals surface area (Å²) in [5, 5.41) is 0. The number of nitrogens with zero attached hydrogens (tertiary/aromatic N) is 3. The number of hydrogen-bond donors (Lipinski definition) is 0. The number of aromatic nitrogens is 2. The molecule has 0 atom stereocenters. The smallest absolute Gasteiger partial charge is 0.246 e. The Morgan fingerprint density at radius 3 is 2.72 bits per heavy atom. The molecule has 1 amide bonds. The van der Waals surface area contributed by atoms with Gasteiger partial charge in [-0.1, -0.05) is 19.1 Å². The lowest BCUT2D eigenvalue weighted by Gasteiger charge is -2.29. The first-order chi connectivity index (χ1) is 14.1. The summed E-state index contributed by atoms with van der Waals surface area (Å²) in [6.45, 7) is 8.92. The average molecular weight is 392 g/mol. The zero-order chi connectivity index (χ0) is 20.4. The summed E-state index contributed by atoms with van der Waals surface area (Å²) in [4.78, 5) is 19.2. The van der Waals surface area contributed by atoms with Crippen LogP contribution in [0.5, 0.6) is 0 Å². The van der Waals surface area contributed by atoms with Crippen molar-refractivity contribution in [1.82, 2.24) is 14.5 Å². The van der Waals surface area contributed by atoms with Crippen LogP contribution in [0, 0.1) is 13.8 Å². The summed E-state index contributed by atoms with van der Waals surface area (Å²) in [6, 6.07) is 10.0. The highest BCUT2D eigenvalue weighted by atomic mass is 16.3. The number of carbonyl (C=O) groups is 1. The summed E-state index contributed by atoms with van der Waals surface area (Å²) in [7, 11) is 0. The van der Waals surface area contributed by atoms with Crippen LogP contribution in [0.4, 0.5) is 0 Å². The first-order valence-corrected chi connectivity index (χ1v) is 10.6. The van der Waals surface area contributed by atoms with Crippen molar-refractivity contribution in [3.63, 3.8) is 0 Å². The lowest BCUT2D eigenvalue weighted by Crippen LogP contribution is -2.36. The highest BCUT2D eigenvalue weighted by Gasteiger charge is 2.26. The standard InChI is InChI=1S/C24H29N3O2/c1-4-13-27-17(2)16-20(18(27)3)9-10-23(28)26-14-11-19(12-15-26)24-25-21-7-5-6-8-22(21)29-24/h5-10,16,19H,4,11-15H2,1-3H3/b10-9+. The molecular weight excluding hydrogens is 362 g/mol. The van der Waals surface area contributed by atoms with Gasteiger partial charge in [0.1, 0.15) is 5.52 Å². The van der Waals surface area contributed by atoms with Gasteiger partial charge in [0.15, 0.2) is 11.5 Å². The number of hydrogen-bond acceptors (Lipinski definition) is 3. The van der Waals surface area contributed by atoms with E-state index in [9.17, 15) is 4.79 Å². The van der Waals surface area contributed by atoms with Gasteiger partial charge in [-0.3, -0.25) is 4.79 Å². The van der Waals surface area contributed by atoms with Gasteiger partial charge in [-0.15, -0.1) is 0 Å². The minimum atomic E-state index is 0.0845. The maximum absolute atomic E-state index is 12.7. The van der Waals surface area contributed by atoms with Crippen molar-refractivity contribution in [2.24, 2.45) is 0 Å². The molecule has 152 valence electrons. The largest absolute Gasteiger partial charge is 0.440 e. The molecule has 0 unspecified atom stereocenters. The van der Waals surface area contributed by atoms with E-state index >= 15 is 0 Å². The molecule has 3 heterocycles. The van der Waals surface area contributed by atoms with Crippen LogP contribution in [0.3, 0.4) is 0 Å². The number of benzene rings is 1. The Kier molecular flexibility index (Phi) is 5.56. The summed E-state index contributed by atoms with van der Waals surface area (Å²) in [5.74, 6) is 1.17. The van der Waals surface area contributed by atoms with Crippen LogP contribution in [-0.4, -0.2) is 33.4 Å². The van der Waals surface area contributed by atoms with Crippen LogP contribution in [0.1, 0.15) is 54.9 Å². The van der Waals surface area contributed by atoms with E-state index in [4.69, 9.17) is 4.42 Å². The molecular formula is C24H29N3O2. The molecule has 5 heteroatoms. The first kappa shape index (κ1) is 19.5. The number of para-hydroxylation sites is 2. The molecule has 1 fully saturated rings. The lowest BCUT2D eigenvalue weighted by atomic mass is 9.96. The van der Waals surface area contributed by atoms with E-state index in [0.717, 1.165) is 61.5 Å². The van der Waals surface area contributed by atoms with Crippen molar-refractivity contribution in [1.29, 1.82) is 0 Å². The Balaban J connectivity index is 1.38. The number of fused-ring (bicyclic) bond motifs is 1. The van der Waals surface area contributed by atoms with Crippen LogP contribution in [-0.2, 0) is 11.3 Å². The molecule has 0 saturated carbocycles. The summed E-state index contributed by atoms with van der Waals surface area (Å²) in [6.07, 6.45) is 6.56. The summed E-state index contributed by atoms with van der Waals surface area (Å²) in [5.41, 5.74) is 5.35. The minimum absolute atomic E-state index is 0.0845. The molecule has 1 saturated heterocycles. The normalized spacial score (nSPS) is 15.6. The fourth-order valence-corrected chi connectivity index (χ4v) is 4.24. The topological polar surface area (TPSA) is 51.3 Å². The Labute approximate surface area is 172 Å². The van der Waals surface area contributed by atoms with Gasteiger partial charge in [-0.2, -0.15) is 0 Å². The van der Waals surface area contributed by atoms with Crippen LogP contribution in [0.25, 0.3) is 17.2 Å². The van der Waals surface area contributed by atoms with Crippen molar-refractivity contribution in [3.05, 3.63) is 59.2 Å². The lowest BCUT2D eigenvalue weighted by molar-refractivity contribution is -0.127. The third kappa shape index (κ3) is 4.00. The minimum Gasteiger partial charge on any atom is -0.440 e. The Morgan fingerprint density at radius 1 is 1.24 bits per heavy atom. The third-order valence-electron chi connectivity index (χ3n) is 5.93. The maximum atomic E-state index is 12.7. The third-order valence-corrected chi connectivity index (χ3v) is 5.93. The van der Waals surface area contributed by atoms with Crippen LogP contribution in [0.2, 0.25) is 0 Å². The first-order valence-electron chi connectivity index (χ1n) is 10.6. The van der Waals surface area contributed by atoms with Crippen molar-refractivity contribution in [3.8, 4) is 0 Å². The van der Waals surface area contributed by atoms with E-state index in [0.29, 0.717) is 0 Å². The molecule has 0 radical (unpaired) electrons. The van der Waals surface area contributed by atoms with Gasteiger partial charge < -0.3 is 13.9 Å². The average Bonchev–Trinajstić information content (AvgIpc) is 3.29. The molecule has 0 bridgehead atoms. The molecule has 3 aromatic rings. The predicted octanol–water partition coefficient (Wildman–Crippen LogP) is 5.08. The molecule has 1 aliphatic heterocycles. The molecule has 4 rings (SSSR count).